The van der Waals surface area contributed by atoms with E-state index < -0.39 is 4.92 Å². The third-order valence-electron chi connectivity index (χ3n) is 5.27. The third kappa shape index (κ3) is 5.07. The molecule has 1 aliphatic rings. The van der Waals surface area contributed by atoms with E-state index in [1.165, 1.54) is 12.1 Å². The molecule has 0 atom stereocenters. The Morgan fingerprint density at radius 3 is 2.36 bits per heavy atom. The van der Waals surface area contributed by atoms with E-state index in [-0.39, 0.29) is 24.0 Å². The van der Waals surface area contributed by atoms with Crippen molar-refractivity contribution in [2.45, 2.75) is 0 Å². The van der Waals surface area contributed by atoms with Crippen molar-refractivity contribution in [3.8, 4) is 0 Å². The van der Waals surface area contributed by atoms with E-state index in [0.29, 0.717) is 61.9 Å². The maximum Gasteiger partial charge on any atom is 0.270 e. The average molecular weight is 528 g/mol. The normalized spacial score (nSPS) is 14.5. The van der Waals surface area contributed by atoms with Crippen LogP contribution in [0.1, 0.15) is 9.67 Å². The fraction of sp³-hybridized carbons (Fsp3) is 0.238. The minimum atomic E-state index is -0.483. The molecular formula is C21H17Cl3N4O4S. The van der Waals surface area contributed by atoms with Crippen molar-refractivity contribution in [2.24, 2.45) is 0 Å². The lowest BCUT2D eigenvalue weighted by Gasteiger charge is -2.34. The van der Waals surface area contributed by atoms with Crippen LogP contribution in [0.3, 0.4) is 0 Å². The Labute approximate surface area is 207 Å². The summed E-state index contributed by atoms with van der Waals surface area (Å²) in [5.41, 5.74) is 0.323. The van der Waals surface area contributed by atoms with Crippen LogP contribution in [0.4, 0.5) is 11.4 Å². The smallest absolute Gasteiger partial charge is 0.270 e. The molecule has 33 heavy (non-hydrogen) atoms. The summed E-state index contributed by atoms with van der Waals surface area (Å²) in [6.07, 6.45) is 0. The number of carbonyl (C=O) groups is 2. The number of nitrogens with one attached hydrogen (secondary N) is 1. The first-order valence-corrected chi connectivity index (χ1v) is 11.8. The van der Waals surface area contributed by atoms with E-state index in [1.54, 1.807) is 29.2 Å². The first-order chi connectivity index (χ1) is 15.7. The van der Waals surface area contributed by atoms with Crippen LogP contribution in [0.15, 0.2) is 36.4 Å². The molecule has 0 aliphatic carbocycles. The minimum absolute atomic E-state index is 0.0515. The lowest BCUT2D eigenvalue weighted by molar-refractivity contribution is -0.384. The first-order valence-electron chi connectivity index (χ1n) is 9.86. The third-order valence-corrected chi connectivity index (χ3v) is 7.55. The zero-order chi connectivity index (χ0) is 23.7. The molecule has 172 valence electrons. The van der Waals surface area contributed by atoms with Gasteiger partial charge in [-0.05, 0) is 18.2 Å². The van der Waals surface area contributed by atoms with Crippen LogP contribution in [0.5, 0.6) is 0 Å². The number of nitrogens with zero attached hydrogens (tertiary/aromatic N) is 3. The Morgan fingerprint density at radius 1 is 1.06 bits per heavy atom. The number of piperazine rings is 1. The van der Waals surface area contributed by atoms with E-state index >= 15 is 0 Å². The summed E-state index contributed by atoms with van der Waals surface area (Å²) in [5, 5.41) is 15.4. The lowest BCUT2D eigenvalue weighted by Crippen LogP contribution is -2.50. The van der Waals surface area contributed by atoms with Crippen molar-refractivity contribution in [2.75, 3.05) is 38.0 Å². The Morgan fingerprint density at radius 2 is 1.73 bits per heavy atom. The number of benzene rings is 2. The van der Waals surface area contributed by atoms with E-state index in [9.17, 15) is 19.7 Å². The molecule has 1 N–H and O–H groups in total. The van der Waals surface area contributed by atoms with Crippen LogP contribution >= 0.6 is 46.1 Å². The van der Waals surface area contributed by atoms with E-state index in [0.717, 1.165) is 11.3 Å². The van der Waals surface area contributed by atoms with Crippen molar-refractivity contribution < 1.29 is 14.5 Å². The number of halogens is 3. The van der Waals surface area contributed by atoms with Crippen molar-refractivity contribution in [3.05, 3.63) is 66.5 Å². The molecule has 0 spiro atoms. The number of carbonyl (C=O) groups excluding carboxylic acids is 2. The van der Waals surface area contributed by atoms with Crippen LogP contribution < -0.4 is 5.32 Å². The summed E-state index contributed by atoms with van der Waals surface area (Å²) < 4.78 is 0.589. The van der Waals surface area contributed by atoms with Crippen molar-refractivity contribution in [1.82, 2.24) is 9.80 Å². The van der Waals surface area contributed by atoms with Crippen LogP contribution in [-0.4, -0.2) is 59.3 Å². The molecule has 0 radical (unpaired) electrons. The molecule has 0 saturated carbocycles. The first kappa shape index (κ1) is 23.7. The minimum Gasteiger partial charge on any atom is -0.335 e. The Hall–Kier alpha value is -2.43. The monoisotopic (exact) mass is 526 g/mol. The van der Waals surface area contributed by atoms with Crippen molar-refractivity contribution in [3.63, 3.8) is 0 Å². The quantitative estimate of drug-likeness (QED) is 0.365. The van der Waals surface area contributed by atoms with Crippen molar-refractivity contribution >= 4 is 79.4 Å². The largest absolute Gasteiger partial charge is 0.335 e. The molecular weight excluding hydrogens is 511 g/mol. The SMILES string of the molecule is O=C(CN1CCN(C(=O)c2sc3cc([N+](=O)[O-])ccc3c2Cl)CC1)Nc1c(Cl)cccc1Cl. The van der Waals surface area contributed by atoms with Crippen LogP contribution in [0.2, 0.25) is 15.1 Å². The van der Waals surface area contributed by atoms with Crippen LogP contribution in [0.25, 0.3) is 10.1 Å². The van der Waals surface area contributed by atoms with Gasteiger partial charge >= 0.3 is 0 Å². The topological polar surface area (TPSA) is 95.8 Å². The number of hydrogen-bond donors (Lipinski definition) is 1. The average Bonchev–Trinajstić information content (AvgIpc) is 3.12. The molecule has 2 aromatic carbocycles. The highest BCUT2D eigenvalue weighted by molar-refractivity contribution is 7.21. The summed E-state index contributed by atoms with van der Waals surface area (Å²) in [4.78, 5) is 40.0. The maximum atomic E-state index is 13.0. The highest BCUT2D eigenvalue weighted by Gasteiger charge is 2.27. The standard InChI is InChI=1S/C21H17Cl3N4O4S/c22-14-2-1-3-15(23)19(14)25-17(29)11-26-6-8-27(9-7-26)21(30)20-18(24)13-5-4-12(28(31)32)10-16(13)33-20/h1-5,10H,6-9,11H2,(H,25,29). The summed E-state index contributed by atoms with van der Waals surface area (Å²) >= 11 is 19.7. The van der Waals surface area contributed by atoms with Gasteiger partial charge in [0.15, 0.2) is 0 Å². The zero-order valence-electron chi connectivity index (χ0n) is 17.0. The van der Waals surface area contributed by atoms with Gasteiger partial charge in [0.1, 0.15) is 4.88 Å². The Bertz CT molecular complexity index is 1240. The molecule has 1 saturated heterocycles. The van der Waals surface area contributed by atoms with E-state index in [2.05, 4.69) is 5.32 Å². The van der Waals surface area contributed by atoms with Crippen LogP contribution in [0, 0.1) is 10.1 Å². The second kappa shape index (κ2) is 9.82. The molecule has 1 fully saturated rings. The molecule has 0 bridgehead atoms. The predicted octanol–water partition coefficient (Wildman–Crippen LogP) is 5.17. The summed E-state index contributed by atoms with van der Waals surface area (Å²) in [6, 6.07) is 9.33. The van der Waals surface area contributed by atoms with Gasteiger partial charge < -0.3 is 10.2 Å². The van der Waals surface area contributed by atoms with Gasteiger partial charge in [-0.15, -0.1) is 11.3 Å². The number of para-hydroxylation sites is 1. The molecule has 1 aliphatic heterocycles. The van der Waals surface area contributed by atoms with E-state index in [4.69, 9.17) is 34.8 Å². The number of non-ortho nitro benzene ring substituents is 1. The highest BCUT2D eigenvalue weighted by Crippen LogP contribution is 2.38. The number of nitro benzene ring substituents is 1. The number of anilines is 1. The number of fused-ring (bicyclic) bond motifs is 1. The van der Waals surface area contributed by atoms with Crippen LogP contribution in [-0.2, 0) is 4.79 Å². The number of amides is 2. The summed E-state index contributed by atoms with van der Waals surface area (Å²) in [6.45, 7) is 1.98. The lowest BCUT2D eigenvalue weighted by atomic mass is 10.2. The zero-order valence-corrected chi connectivity index (χ0v) is 20.1. The predicted molar refractivity (Wildman–Crippen MR) is 131 cm³/mol. The van der Waals surface area contributed by atoms with Gasteiger partial charge in [0.25, 0.3) is 11.6 Å². The van der Waals surface area contributed by atoms with Gasteiger partial charge in [-0.1, -0.05) is 40.9 Å². The van der Waals surface area contributed by atoms with Gasteiger partial charge in [-0.2, -0.15) is 0 Å². The second-order valence-corrected chi connectivity index (χ2v) is 9.64. The van der Waals surface area contributed by atoms with Gasteiger partial charge in [0, 0.05) is 48.4 Å². The fourth-order valence-corrected chi connectivity index (χ4v) is 5.56. The molecule has 4 rings (SSSR count). The maximum absolute atomic E-state index is 13.0. The summed E-state index contributed by atoms with van der Waals surface area (Å²) in [5.74, 6) is -0.477. The number of rotatable bonds is 5. The summed E-state index contributed by atoms with van der Waals surface area (Å²) in [7, 11) is 0. The van der Waals surface area contributed by atoms with Gasteiger partial charge in [-0.3, -0.25) is 24.6 Å². The van der Waals surface area contributed by atoms with Gasteiger partial charge in [-0.25, -0.2) is 0 Å². The molecule has 8 nitrogen and oxygen atoms in total. The highest BCUT2D eigenvalue weighted by atomic mass is 35.5. The molecule has 12 heteroatoms. The van der Waals surface area contributed by atoms with Gasteiger partial charge in [0.2, 0.25) is 5.91 Å². The number of hydrogen-bond acceptors (Lipinski definition) is 6. The molecule has 0 unspecified atom stereocenters. The molecule has 2 heterocycles. The van der Waals surface area contributed by atoms with Gasteiger partial charge in [0.05, 0.1) is 32.2 Å². The molecule has 3 aromatic rings. The molecule has 1 aromatic heterocycles. The fourth-order valence-electron chi connectivity index (χ4n) is 3.56. The Kier molecular flexibility index (Phi) is 7.06. The number of nitro groups is 1. The second-order valence-electron chi connectivity index (χ2n) is 7.40. The Balaban J connectivity index is 1.38. The van der Waals surface area contributed by atoms with Crippen molar-refractivity contribution in [1.29, 1.82) is 0 Å². The number of thiophene rings is 1. The molecule has 2 amide bonds. The van der Waals surface area contributed by atoms with E-state index in [1.807, 2.05) is 4.90 Å².